The van der Waals surface area contributed by atoms with Crippen LogP contribution in [0.4, 0.5) is 0 Å². The molecular weight excluding hydrogens is 250 g/mol. The summed E-state index contributed by atoms with van der Waals surface area (Å²) in [5.74, 6) is 0.211. The molecule has 1 unspecified atom stereocenters. The van der Waals surface area contributed by atoms with Crippen molar-refractivity contribution in [1.82, 2.24) is 5.32 Å². The summed E-state index contributed by atoms with van der Waals surface area (Å²) in [7, 11) is -3.03. The summed E-state index contributed by atoms with van der Waals surface area (Å²) in [6.45, 7) is 6.14. The normalized spacial score (nSPS) is 13.9. The lowest BCUT2D eigenvalue weighted by molar-refractivity contribution is 0.148. The maximum absolute atomic E-state index is 11.5. The van der Waals surface area contributed by atoms with Crippen LogP contribution >= 0.6 is 11.6 Å². The van der Waals surface area contributed by atoms with E-state index >= 15 is 0 Å². The van der Waals surface area contributed by atoms with Crippen LogP contribution in [0.2, 0.25) is 0 Å². The van der Waals surface area contributed by atoms with Crippen molar-refractivity contribution < 1.29 is 13.2 Å². The average Bonchev–Trinajstić information content (AvgIpc) is 2.22. The first-order chi connectivity index (χ1) is 7.54. The molecule has 6 heteroatoms. The Morgan fingerprint density at radius 2 is 2.06 bits per heavy atom. The zero-order chi connectivity index (χ0) is 12.4. The Balaban J connectivity index is 3.61. The van der Waals surface area contributed by atoms with Crippen LogP contribution in [-0.2, 0) is 14.6 Å². The monoisotopic (exact) mass is 270 g/mol. The smallest absolute Gasteiger partial charge is 0.154 e. The van der Waals surface area contributed by atoms with Crippen molar-refractivity contribution in [1.29, 1.82) is 0 Å². The summed E-state index contributed by atoms with van der Waals surface area (Å²) in [5, 5.41) is 3.84. The molecule has 0 aromatic carbocycles. The summed E-state index contributed by atoms with van der Waals surface area (Å²) < 4.78 is 28.2. The van der Waals surface area contributed by atoms with Crippen molar-refractivity contribution in [3.8, 4) is 0 Å². The minimum absolute atomic E-state index is 0.0503. The van der Waals surface area contributed by atoms with Gasteiger partial charge in [-0.1, -0.05) is 0 Å². The molecule has 0 aliphatic rings. The fourth-order valence-corrected chi connectivity index (χ4v) is 2.87. The minimum atomic E-state index is -3.03. The largest absolute Gasteiger partial charge is 0.380 e. The van der Waals surface area contributed by atoms with Crippen LogP contribution in [-0.4, -0.2) is 51.6 Å². The molecule has 0 fully saturated rings. The van der Waals surface area contributed by atoms with Gasteiger partial charge in [-0.05, 0) is 20.3 Å². The van der Waals surface area contributed by atoms with Crippen molar-refractivity contribution >= 4 is 21.4 Å². The van der Waals surface area contributed by atoms with E-state index in [0.717, 1.165) is 0 Å². The summed E-state index contributed by atoms with van der Waals surface area (Å²) >= 11 is 5.43. The third-order valence-electron chi connectivity index (χ3n) is 2.27. The molecule has 0 spiro atoms. The van der Waals surface area contributed by atoms with E-state index in [9.17, 15) is 8.42 Å². The number of nitrogens with zero attached hydrogens (tertiary/aromatic N) is 1. The molecule has 0 saturated carbocycles. The van der Waals surface area contributed by atoms with Gasteiger partial charge in [0.1, 0.15) is 0 Å². The van der Waals surface area contributed by atoms with E-state index in [1.165, 1.54) is 0 Å². The van der Waals surface area contributed by atoms with Crippen LogP contribution in [0.25, 0.3) is 0 Å². The molecule has 16 heavy (non-hydrogen) atoms. The van der Waals surface area contributed by atoms with Crippen LogP contribution in [0.5, 0.6) is 0 Å². The number of ether oxygens (including phenoxy) is 1. The van der Waals surface area contributed by atoms with Gasteiger partial charge in [-0.2, -0.15) is 0 Å². The maximum Gasteiger partial charge on any atom is 0.154 e. The van der Waals surface area contributed by atoms with Crippen molar-refractivity contribution in [3.63, 3.8) is 0 Å². The van der Waals surface area contributed by atoms with Gasteiger partial charge in [-0.25, -0.2) is 13.7 Å². The molecule has 0 saturated heterocycles. The number of rotatable bonds is 10. The molecule has 0 aliphatic heterocycles. The summed E-state index contributed by atoms with van der Waals surface area (Å²) in [6, 6.07) is 0. The SMILES string of the molecule is CCOCC[N]CCC(C)S(=O)(=O)CCCl. The van der Waals surface area contributed by atoms with Crippen LogP contribution in [0, 0.1) is 0 Å². The second-order valence-electron chi connectivity index (χ2n) is 3.52. The van der Waals surface area contributed by atoms with E-state index in [-0.39, 0.29) is 16.9 Å². The molecular formula is C10H21ClNO3S. The van der Waals surface area contributed by atoms with Crippen molar-refractivity contribution in [2.75, 3.05) is 37.9 Å². The lowest BCUT2D eigenvalue weighted by atomic mass is 10.3. The average molecular weight is 271 g/mol. The highest BCUT2D eigenvalue weighted by molar-refractivity contribution is 7.92. The van der Waals surface area contributed by atoms with E-state index in [0.29, 0.717) is 32.7 Å². The molecule has 0 N–H and O–H groups in total. The van der Waals surface area contributed by atoms with Gasteiger partial charge in [-0.15, -0.1) is 11.6 Å². The van der Waals surface area contributed by atoms with Gasteiger partial charge in [0.2, 0.25) is 0 Å². The molecule has 0 aromatic heterocycles. The Hall–Kier alpha value is 0.160. The highest BCUT2D eigenvalue weighted by atomic mass is 35.5. The predicted molar refractivity (Wildman–Crippen MR) is 66.9 cm³/mol. The van der Waals surface area contributed by atoms with E-state index in [1.54, 1.807) is 6.92 Å². The lowest BCUT2D eigenvalue weighted by Gasteiger charge is -2.11. The van der Waals surface area contributed by atoms with Gasteiger partial charge in [0, 0.05) is 25.6 Å². The fraction of sp³-hybridized carbons (Fsp3) is 1.00. The summed E-state index contributed by atoms with van der Waals surface area (Å²) in [6.07, 6.45) is 0.561. The molecule has 0 aromatic rings. The Morgan fingerprint density at radius 3 is 2.62 bits per heavy atom. The summed E-state index contributed by atoms with van der Waals surface area (Å²) in [5.41, 5.74) is 0. The topological polar surface area (TPSA) is 57.5 Å². The lowest BCUT2D eigenvalue weighted by Crippen LogP contribution is -2.25. The molecule has 1 radical (unpaired) electrons. The number of sulfone groups is 1. The van der Waals surface area contributed by atoms with Crippen molar-refractivity contribution in [2.45, 2.75) is 25.5 Å². The molecule has 4 nitrogen and oxygen atoms in total. The molecule has 97 valence electrons. The second kappa shape index (κ2) is 9.22. The molecule has 0 bridgehead atoms. The van der Waals surface area contributed by atoms with E-state index in [4.69, 9.17) is 16.3 Å². The van der Waals surface area contributed by atoms with Gasteiger partial charge in [0.05, 0.1) is 17.6 Å². The van der Waals surface area contributed by atoms with Crippen molar-refractivity contribution in [3.05, 3.63) is 0 Å². The third-order valence-corrected chi connectivity index (χ3v) is 4.91. The third kappa shape index (κ3) is 7.44. The van der Waals surface area contributed by atoms with Gasteiger partial charge in [-0.3, -0.25) is 0 Å². The zero-order valence-corrected chi connectivity index (χ0v) is 11.6. The number of alkyl halides is 1. The molecule has 0 heterocycles. The van der Waals surface area contributed by atoms with Crippen molar-refractivity contribution in [2.24, 2.45) is 0 Å². The van der Waals surface area contributed by atoms with E-state index in [2.05, 4.69) is 5.32 Å². The minimum Gasteiger partial charge on any atom is -0.380 e. The quantitative estimate of drug-likeness (QED) is 0.441. The van der Waals surface area contributed by atoms with Gasteiger partial charge in [0.25, 0.3) is 0 Å². The van der Waals surface area contributed by atoms with Crippen LogP contribution in [0.3, 0.4) is 0 Å². The maximum atomic E-state index is 11.5. The van der Waals surface area contributed by atoms with Crippen LogP contribution in [0.15, 0.2) is 0 Å². The highest BCUT2D eigenvalue weighted by Crippen LogP contribution is 2.06. The highest BCUT2D eigenvalue weighted by Gasteiger charge is 2.19. The Kier molecular flexibility index (Phi) is 9.31. The van der Waals surface area contributed by atoms with E-state index in [1.807, 2.05) is 6.92 Å². The fourth-order valence-electron chi connectivity index (χ4n) is 1.15. The number of halogens is 1. The predicted octanol–water partition coefficient (Wildman–Crippen LogP) is 1.06. The Bertz CT molecular complexity index is 257. The van der Waals surface area contributed by atoms with E-state index < -0.39 is 9.84 Å². The number of hydrogen-bond acceptors (Lipinski definition) is 3. The van der Waals surface area contributed by atoms with Gasteiger partial charge < -0.3 is 4.74 Å². The van der Waals surface area contributed by atoms with Crippen LogP contribution in [0.1, 0.15) is 20.3 Å². The first kappa shape index (κ1) is 16.2. The molecule has 1 atom stereocenters. The molecule has 0 aliphatic carbocycles. The second-order valence-corrected chi connectivity index (χ2v) is 6.44. The number of hydrogen-bond donors (Lipinski definition) is 0. The Morgan fingerprint density at radius 1 is 1.38 bits per heavy atom. The summed E-state index contributed by atoms with van der Waals surface area (Å²) in [4.78, 5) is 0. The standard InChI is InChI=1S/C10H21ClNO3S/c1-3-15-8-7-12-6-4-10(2)16(13,14)9-5-11/h10H,3-9H2,1-2H3. The van der Waals surface area contributed by atoms with Gasteiger partial charge >= 0.3 is 0 Å². The first-order valence-corrected chi connectivity index (χ1v) is 7.78. The molecule has 0 amide bonds. The van der Waals surface area contributed by atoms with Crippen LogP contribution < -0.4 is 5.32 Å². The zero-order valence-electron chi connectivity index (χ0n) is 9.99. The molecule has 0 rings (SSSR count). The first-order valence-electron chi connectivity index (χ1n) is 5.53. The Labute approximate surface area is 104 Å². The van der Waals surface area contributed by atoms with Gasteiger partial charge in [0.15, 0.2) is 9.84 Å².